The van der Waals surface area contributed by atoms with Crippen LogP contribution in [0.3, 0.4) is 0 Å². The van der Waals surface area contributed by atoms with E-state index in [1.165, 1.54) is 16.8 Å². The van der Waals surface area contributed by atoms with Crippen molar-refractivity contribution in [1.82, 2.24) is 15.1 Å². The number of carbonyl (C=O) groups is 3. The number of fused-ring (bicyclic) bond motifs is 1. The largest absolute Gasteiger partial charge is 0.490 e. The third-order valence-electron chi connectivity index (χ3n) is 7.23. The molecule has 1 aromatic rings. The van der Waals surface area contributed by atoms with Gasteiger partial charge in [-0.1, -0.05) is 6.92 Å². The zero-order valence-corrected chi connectivity index (χ0v) is 26.0. The number of benzene rings is 1. The number of hydrogen-bond donors (Lipinski definition) is 3. The maximum absolute atomic E-state index is 14.1. The van der Waals surface area contributed by atoms with Gasteiger partial charge in [0.05, 0.1) is 36.8 Å². The Morgan fingerprint density at radius 2 is 1.88 bits per heavy atom. The highest BCUT2D eigenvalue weighted by Gasteiger charge is 2.32. The van der Waals surface area contributed by atoms with Gasteiger partial charge in [-0.3, -0.25) is 9.59 Å². The average molecular weight is 617 g/mol. The number of urea groups is 1. The fraction of sp³-hybridized carbons (Fsp3) is 0.700. The van der Waals surface area contributed by atoms with Gasteiger partial charge in [-0.05, 0) is 65.2 Å². The summed E-state index contributed by atoms with van der Waals surface area (Å²) in [4.78, 5) is 41.6. The number of anilines is 1. The topological polar surface area (TPSA) is 120 Å². The summed E-state index contributed by atoms with van der Waals surface area (Å²) in [6, 6.07) is 3.69. The van der Waals surface area contributed by atoms with E-state index in [9.17, 15) is 32.7 Å². The van der Waals surface area contributed by atoms with E-state index in [-0.39, 0.29) is 43.3 Å². The van der Waals surface area contributed by atoms with Crippen LogP contribution in [0.15, 0.2) is 18.2 Å². The molecule has 43 heavy (non-hydrogen) atoms. The van der Waals surface area contributed by atoms with Crippen molar-refractivity contribution < 1.29 is 42.1 Å². The average Bonchev–Trinajstić information content (AvgIpc) is 2.92. The molecule has 0 unspecified atom stereocenters. The molecule has 3 N–H and O–H groups in total. The molecule has 0 radical (unpaired) electrons. The summed E-state index contributed by atoms with van der Waals surface area (Å²) < 4.78 is 50.4. The minimum Gasteiger partial charge on any atom is -0.490 e. The van der Waals surface area contributed by atoms with E-state index in [2.05, 4.69) is 10.6 Å². The molecule has 2 rings (SSSR count). The summed E-state index contributed by atoms with van der Waals surface area (Å²) in [6.07, 6.45) is -5.00. The minimum atomic E-state index is -4.43. The standard InChI is InChI=1S/C30H47F3N4O6/c1-19(2)34-29(41)35-23-10-11-25-24(15-23)28(40)37(21(4)18-38)16-20(3)26(42-14-8-7-9-22(5)43-25)17-36(6)27(39)12-13-30(31,32)33/h10-11,15,19-22,26,38H,7-9,12-14,16-18H2,1-6H3,(H2,34,35,41)/t20-,21-,22-,26-/m0/s1. The second-order valence-corrected chi connectivity index (χ2v) is 11.7. The number of rotatable bonds is 8. The zero-order chi connectivity index (χ0) is 32.3. The van der Waals surface area contributed by atoms with Gasteiger partial charge < -0.3 is 35.0 Å². The molecule has 0 spiro atoms. The van der Waals surface area contributed by atoms with E-state index in [4.69, 9.17) is 9.47 Å². The molecule has 1 aliphatic heterocycles. The molecule has 0 bridgehead atoms. The maximum Gasteiger partial charge on any atom is 0.389 e. The molecular weight excluding hydrogens is 569 g/mol. The monoisotopic (exact) mass is 616 g/mol. The molecule has 244 valence electrons. The number of hydrogen-bond acceptors (Lipinski definition) is 6. The first kappa shape index (κ1) is 36.1. The molecule has 0 saturated carbocycles. The third-order valence-corrected chi connectivity index (χ3v) is 7.23. The molecule has 0 saturated heterocycles. The van der Waals surface area contributed by atoms with Crippen molar-refractivity contribution in [3.05, 3.63) is 23.8 Å². The van der Waals surface area contributed by atoms with Crippen molar-refractivity contribution in [3.63, 3.8) is 0 Å². The molecule has 4 amide bonds. The van der Waals surface area contributed by atoms with E-state index in [0.717, 1.165) is 6.42 Å². The second kappa shape index (κ2) is 16.7. The lowest BCUT2D eigenvalue weighted by molar-refractivity contribution is -0.149. The quantitative estimate of drug-likeness (QED) is 0.386. The van der Waals surface area contributed by atoms with Crippen molar-refractivity contribution >= 4 is 23.5 Å². The van der Waals surface area contributed by atoms with Gasteiger partial charge in [0, 0.05) is 50.8 Å². The Bertz CT molecular complexity index is 1070. The normalized spacial score (nSPS) is 21.3. The van der Waals surface area contributed by atoms with E-state index < -0.39 is 49.0 Å². The molecule has 4 atom stereocenters. The molecule has 1 aliphatic rings. The van der Waals surface area contributed by atoms with Gasteiger partial charge in [-0.15, -0.1) is 0 Å². The number of aliphatic hydroxyl groups is 1. The van der Waals surface area contributed by atoms with Crippen LogP contribution < -0.4 is 15.4 Å². The lowest BCUT2D eigenvalue weighted by atomic mass is 10.0. The summed E-state index contributed by atoms with van der Waals surface area (Å²) in [6.45, 7) is 9.26. The summed E-state index contributed by atoms with van der Waals surface area (Å²) >= 11 is 0. The van der Waals surface area contributed by atoms with Gasteiger partial charge in [0.1, 0.15) is 5.75 Å². The number of ether oxygens (including phenoxy) is 2. The highest BCUT2D eigenvalue weighted by Crippen LogP contribution is 2.29. The van der Waals surface area contributed by atoms with Gasteiger partial charge in [0.15, 0.2) is 0 Å². The van der Waals surface area contributed by atoms with Crippen molar-refractivity contribution in [1.29, 1.82) is 0 Å². The first-order valence-electron chi connectivity index (χ1n) is 14.8. The Hall–Kier alpha value is -3.06. The van der Waals surface area contributed by atoms with Crippen molar-refractivity contribution in [3.8, 4) is 5.75 Å². The summed E-state index contributed by atoms with van der Waals surface area (Å²) in [5.74, 6) is -1.10. The van der Waals surface area contributed by atoms with Crippen LogP contribution in [0.5, 0.6) is 5.75 Å². The van der Waals surface area contributed by atoms with Crippen LogP contribution in [0.2, 0.25) is 0 Å². The van der Waals surface area contributed by atoms with Crippen molar-refractivity contribution in [2.45, 2.75) is 97.2 Å². The van der Waals surface area contributed by atoms with E-state index in [1.54, 1.807) is 25.1 Å². The fourth-order valence-corrected chi connectivity index (χ4v) is 4.70. The van der Waals surface area contributed by atoms with Crippen LogP contribution in [0.4, 0.5) is 23.7 Å². The number of likely N-dealkylation sites (N-methyl/N-ethyl adjacent to an activating group) is 1. The van der Waals surface area contributed by atoms with Gasteiger partial charge in [0.25, 0.3) is 5.91 Å². The molecule has 13 heteroatoms. The SMILES string of the molecule is CC(C)NC(=O)Nc1ccc2c(c1)C(=O)N([C@@H](C)CO)C[C@H](C)[C@H](CN(C)C(=O)CCC(F)(F)F)OCCCC[C@H](C)O2. The Balaban J connectivity index is 2.40. The molecule has 0 fully saturated rings. The lowest BCUT2D eigenvalue weighted by Gasteiger charge is -2.36. The van der Waals surface area contributed by atoms with Crippen LogP contribution in [0, 0.1) is 5.92 Å². The number of carbonyl (C=O) groups excluding carboxylic acids is 3. The number of aliphatic hydroxyl groups excluding tert-OH is 1. The summed E-state index contributed by atoms with van der Waals surface area (Å²) in [5.41, 5.74) is 0.586. The molecular formula is C30H47F3N4O6. The predicted molar refractivity (Wildman–Crippen MR) is 157 cm³/mol. The Labute approximate surface area is 252 Å². The number of nitrogens with zero attached hydrogens (tertiary/aromatic N) is 2. The summed E-state index contributed by atoms with van der Waals surface area (Å²) in [7, 11) is 1.44. The molecule has 1 heterocycles. The smallest absolute Gasteiger partial charge is 0.389 e. The van der Waals surface area contributed by atoms with Gasteiger partial charge in [0.2, 0.25) is 5.91 Å². The van der Waals surface area contributed by atoms with Crippen LogP contribution >= 0.6 is 0 Å². The van der Waals surface area contributed by atoms with Crippen LogP contribution in [-0.4, -0.2) is 96.6 Å². The van der Waals surface area contributed by atoms with E-state index >= 15 is 0 Å². The number of halogens is 3. The van der Waals surface area contributed by atoms with Crippen molar-refractivity contribution in [2.75, 3.05) is 38.7 Å². The number of alkyl halides is 3. The molecule has 0 aromatic heterocycles. The van der Waals surface area contributed by atoms with E-state index in [0.29, 0.717) is 30.9 Å². The number of nitrogens with one attached hydrogen (secondary N) is 2. The van der Waals surface area contributed by atoms with Gasteiger partial charge >= 0.3 is 12.2 Å². The lowest BCUT2D eigenvalue weighted by Crippen LogP contribution is -2.48. The molecule has 1 aromatic carbocycles. The van der Waals surface area contributed by atoms with Crippen molar-refractivity contribution in [2.24, 2.45) is 5.92 Å². The zero-order valence-electron chi connectivity index (χ0n) is 26.0. The van der Waals surface area contributed by atoms with E-state index in [1.807, 2.05) is 27.7 Å². The van der Waals surface area contributed by atoms with Gasteiger partial charge in [-0.25, -0.2) is 4.79 Å². The van der Waals surface area contributed by atoms with Gasteiger partial charge in [-0.2, -0.15) is 13.2 Å². The Morgan fingerprint density at radius 1 is 1.19 bits per heavy atom. The molecule has 10 nitrogen and oxygen atoms in total. The second-order valence-electron chi connectivity index (χ2n) is 11.7. The fourth-order valence-electron chi connectivity index (χ4n) is 4.70. The predicted octanol–water partition coefficient (Wildman–Crippen LogP) is 4.81. The Kier molecular flexibility index (Phi) is 14.0. The molecule has 0 aliphatic carbocycles. The van der Waals surface area contributed by atoms with Crippen LogP contribution in [0.25, 0.3) is 0 Å². The Morgan fingerprint density at radius 3 is 2.51 bits per heavy atom. The highest BCUT2D eigenvalue weighted by atomic mass is 19.4. The maximum atomic E-state index is 14.1. The minimum absolute atomic E-state index is 0.0442. The first-order valence-corrected chi connectivity index (χ1v) is 14.8. The highest BCUT2D eigenvalue weighted by molar-refractivity contribution is 5.99. The number of amides is 4. The van der Waals surface area contributed by atoms with Crippen LogP contribution in [-0.2, 0) is 9.53 Å². The third kappa shape index (κ3) is 12.2. The summed E-state index contributed by atoms with van der Waals surface area (Å²) in [5, 5.41) is 15.5. The van der Waals surface area contributed by atoms with Crippen LogP contribution in [0.1, 0.15) is 77.1 Å². The first-order chi connectivity index (χ1) is 20.1.